The van der Waals surface area contributed by atoms with Crippen LogP contribution in [0.25, 0.3) is 0 Å². The average Bonchev–Trinajstić information content (AvgIpc) is 3.04. The third kappa shape index (κ3) is 3.66. The van der Waals surface area contributed by atoms with Gasteiger partial charge in [0, 0.05) is 39.2 Å². The maximum absolute atomic E-state index is 5.45. The van der Waals surface area contributed by atoms with E-state index in [0.29, 0.717) is 0 Å². The molecule has 19 heavy (non-hydrogen) atoms. The van der Waals surface area contributed by atoms with E-state index in [0.717, 1.165) is 43.4 Å². The summed E-state index contributed by atoms with van der Waals surface area (Å²) in [6, 6.07) is 0. The van der Waals surface area contributed by atoms with Crippen LogP contribution in [-0.2, 0) is 16.0 Å². The van der Waals surface area contributed by atoms with Gasteiger partial charge in [-0.25, -0.2) is 4.98 Å². The number of hydrogen-bond donors (Lipinski definition) is 1. The van der Waals surface area contributed by atoms with E-state index in [1.54, 1.807) is 25.6 Å². The number of methoxy groups -OCH3 is 2. The predicted octanol–water partition coefficient (Wildman–Crippen LogP) is 1.49. The second kappa shape index (κ2) is 7.19. The maximum atomic E-state index is 5.45. The number of nitrogens with zero attached hydrogens (tertiary/aromatic N) is 2. The molecule has 6 heteroatoms. The van der Waals surface area contributed by atoms with E-state index in [1.165, 1.54) is 0 Å². The zero-order chi connectivity index (χ0) is 13.7. The highest BCUT2D eigenvalue weighted by Gasteiger charge is 2.34. The lowest BCUT2D eigenvalue weighted by Gasteiger charge is -2.13. The van der Waals surface area contributed by atoms with E-state index in [2.05, 4.69) is 27.5 Å². The fraction of sp³-hybridized carbons (Fsp3) is 0.769. The Morgan fingerprint density at radius 1 is 1.37 bits per heavy atom. The molecular formula is C13H23N3O2S. The van der Waals surface area contributed by atoms with E-state index in [9.17, 15) is 0 Å². The monoisotopic (exact) mass is 285 g/mol. The van der Waals surface area contributed by atoms with Crippen molar-refractivity contribution in [2.45, 2.75) is 32.1 Å². The topological polar surface area (TPSA) is 46.6 Å². The first-order valence-electron chi connectivity index (χ1n) is 6.74. The Labute approximate surface area is 118 Å². The zero-order valence-corrected chi connectivity index (χ0v) is 12.7. The molecule has 0 amide bonds. The predicted molar refractivity (Wildman–Crippen MR) is 77.9 cm³/mol. The minimum Gasteiger partial charge on any atom is -0.377 e. The van der Waals surface area contributed by atoms with Crippen molar-refractivity contribution < 1.29 is 9.47 Å². The molecule has 0 aromatic carbocycles. The van der Waals surface area contributed by atoms with Gasteiger partial charge >= 0.3 is 0 Å². The highest BCUT2D eigenvalue weighted by Crippen LogP contribution is 2.26. The minimum absolute atomic E-state index is 0.135. The molecule has 0 saturated carbocycles. The molecule has 2 atom stereocenters. The molecule has 1 aromatic rings. The number of anilines is 1. The number of hydrogen-bond acceptors (Lipinski definition) is 6. The van der Waals surface area contributed by atoms with Gasteiger partial charge in [0.15, 0.2) is 5.13 Å². The average molecular weight is 285 g/mol. The van der Waals surface area contributed by atoms with Gasteiger partial charge in [-0.1, -0.05) is 6.92 Å². The van der Waals surface area contributed by atoms with E-state index in [1.807, 2.05) is 0 Å². The number of rotatable bonds is 7. The second-order valence-corrected chi connectivity index (χ2v) is 5.59. The van der Waals surface area contributed by atoms with Crippen LogP contribution in [0, 0.1) is 0 Å². The summed E-state index contributed by atoms with van der Waals surface area (Å²) in [4.78, 5) is 6.92. The summed E-state index contributed by atoms with van der Waals surface area (Å²) in [6.45, 7) is 5.75. The Balaban J connectivity index is 1.92. The van der Waals surface area contributed by atoms with Crippen molar-refractivity contribution in [1.82, 2.24) is 10.3 Å². The van der Waals surface area contributed by atoms with Crippen LogP contribution in [-0.4, -0.2) is 51.0 Å². The molecule has 1 fully saturated rings. The van der Waals surface area contributed by atoms with Crippen molar-refractivity contribution in [2.24, 2.45) is 0 Å². The molecule has 2 heterocycles. The molecule has 0 aliphatic carbocycles. The van der Waals surface area contributed by atoms with E-state index in [4.69, 9.17) is 9.47 Å². The standard InChI is InChI=1S/C13H23N3O2S/c1-4-5-14-6-10-9-19-13(15-10)16-7-11(17-2)12(8-16)18-3/h9,11-12,14H,4-8H2,1-3H3. The Morgan fingerprint density at radius 3 is 2.63 bits per heavy atom. The van der Waals surface area contributed by atoms with Gasteiger partial charge in [0.2, 0.25) is 0 Å². The molecule has 0 radical (unpaired) electrons. The molecule has 0 spiro atoms. The van der Waals surface area contributed by atoms with Crippen LogP contribution in [0.2, 0.25) is 0 Å². The van der Waals surface area contributed by atoms with Crippen LogP contribution in [0.4, 0.5) is 5.13 Å². The Hall–Kier alpha value is -0.690. The summed E-state index contributed by atoms with van der Waals surface area (Å²) in [5.41, 5.74) is 1.11. The third-order valence-corrected chi connectivity index (χ3v) is 4.31. The number of nitrogens with one attached hydrogen (secondary N) is 1. The van der Waals surface area contributed by atoms with Crippen molar-refractivity contribution in [3.05, 3.63) is 11.1 Å². The van der Waals surface area contributed by atoms with Gasteiger partial charge in [-0.15, -0.1) is 11.3 Å². The van der Waals surface area contributed by atoms with E-state index in [-0.39, 0.29) is 12.2 Å². The maximum Gasteiger partial charge on any atom is 0.185 e. The number of thiazole rings is 1. The van der Waals surface area contributed by atoms with Crippen molar-refractivity contribution in [1.29, 1.82) is 0 Å². The van der Waals surface area contributed by atoms with Gasteiger partial charge in [0.1, 0.15) is 12.2 Å². The number of aromatic nitrogens is 1. The summed E-state index contributed by atoms with van der Waals surface area (Å²) in [6.07, 6.45) is 1.42. The first-order chi connectivity index (χ1) is 9.28. The molecule has 1 saturated heterocycles. The lowest BCUT2D eigenvalue weighted by atomic mass is 10.3. The molecule has 1 aliphatic rings. The van der Waals surface area contributed by atoms with Crippen LogP contribution in [0.5, 0.6) is 0 Å². The minimum atomic E-state index is 0.135. The fourth-order valence-electron chi connectivity index (χ4n) is 2.27. The highest BCUT2D eigenvalue weighted by atomic mass is 32.1. The summed E-state index contributed by atoms with van der Waals surface area (Å²) >= 11 is 1.69. The van der Waals surface area contributed by atoms with Gasteiger partial charge in [-0.05, 0) is 13.0 Å². The van der Waals surface area contributed by atoms with Crippen molar-refractivity contribution >= 4 is 16.5 Å². The van der Waals surface area contributed by atoms with Crippen LogP contribution in [0.15, 0.2) is 5.38 Å². The number of ether oxygens (including phenoxy) is 2. The van der Waals surface area contributed by atoms with Crippen LogP contribution < -0.4 is 10.2 Å². The summed E-state index contributed by atoms with van der Waals surface area (Å²) < 4.78 is 10.9. The lowest BCUT2D eigenvalue weighted by molar-refractivity contribution is -0.00461. The fourth-order valence-corrected chi connectivity index (χ4v) is 3.11. The summed E-state index contributed by atoms with van der Waals surface area (Å²) in [7, 11) is 3.48. The van der Waals surface area contributed by atoms with Gasteiger partial charge in [-0.2, -0.15) is 0 Å². The van der Waals surface area contributed by atoms with Crippen LogP contribution in [0.3, 0.4) is 0 Å². The molecule has 2 rings (SSSR count). The molecule has 1 N–H and O–H groups in total. The Morgan fingerprint density at radius 2 is 2.05 bits per heavy atom. The third-order valence-electron chi connectivity index (χ3n) is 3.36. The molecular weight excluding hydrogens is 262 g/mol. The van der Waals surface area contributed by atoms with Crippen molar-refractivity contribution in [3.63, 3.8) is 0 Å². The molecule has 1 aromatic heterocycles. The van der Waals surface area contributed by atoms with Crippen LogP contribution in [0.1, 0.15) is 19.0 Å². The Kier molecular flexibility index (Phi) is 5.57. The molecule has 1 aliphatic heterocycles. The first-order valence-corrected chi connectivity index (χ1v) is 7.62. The molecule has 0 bridgehead atoms. The van der Waals surface area contributed by atoms with Gasteiger partial charge in [0.05, 0.1) is 5.69 Å². The normalized spacial score (nSPS) is 23.2. The molecule has 108 valence electrons. The SMILES string of the molecule is CCCNCc1csc(N2CC(OC)C(OC)C2)n1. The summed E-state index contributed by atoms with van der Waals surface area (Å²) in [5.74, 6) is 0. The molecule has 2 unspecified atom stereocenters. The lowest BCUT2D eigenvalue weighted by Crippen LogP contribution is -2.27. The highest BCUT2D eigenvalue weighted by molar-refractivity contribution is 7.13. The van der Waals surface area contributed by atoms with Gasteiger partial charge in [-0.3, -0.25) is 0 Å². The van der Waals surface area contributed by atoms with Gasteiger partial charge < -0.3 is 19.7 Å². The zero-order valence-electron chi connectivity index (χ0n) is 11.9. The van der Waals surface area contributed by atoms with Crippen LogP contribution >= 0.6 is 11.3 Å². The summed E-state index contributed by atoms with van der Waals surface area (Å²) in [5, 5.41) is 6.56. The van der Waals surface area contributed by atoms with E-state index >= 15 is 0 Å². The second-order valence-electron chi connectivity index (χ2n) is 4.75. The van der Waals surface area contributed by atoms with Gasteiger partial charge in [0.25, 0.3) is 0 Å². The molecule has 5 nitrogen and oxygen atoms in total. The quantitative estimate of drug-likeness (QED) is 0.769. The largest absolute Gasteiger partial charge is 0.377 e. The smallest absolute Gasteiger partial charge is 0.185 e. The van der Waals surface area contributed by atoms with E-state index < -0.39 is 0 Å². The Bertz CT molecular complexity index is 374. The van der Waals surface area contributed by atoms with Crippen molar-refractivity contribution in [3.8, 4) is 0 Å². The van der Waals surface area contributed by atoms with Crippen molar-refractivity contribution in [2.75, 3.05) is 38.8 Å². The first kappa shape index (κ1) is 14.7.